The predicted octanol–water partition coefficient (Wildman–Crippen LogP) is 1.46. The SMILES string of the molecule is CC1CC(C(=O)NCc2ccc3c(c2)OCCO3)CCN1. The van der Waals surface area contributed by atoms with Gasteiger partial charge in [0.25, 0.3) is 0 Å². The molecule has 2 aliphatic heterocycles. The number of benzene rings is 1. The van der Waals surface area contributed by atoms with Crippen LogP contribution in [-0.2, 0) is 11.3 Å². The molecule has 0 aromatic heterocycles. The maximum atomic E-state index is 12.2. The van der Waals surface area contributed by atoms with Gasteiger partial charge in [0, 0.05) is 18.5 Å². The minimum Gasteiger partial charge on any atom is -0.486 e. The maximum absolute atomic E-state index is 12.2. The maximum Gasteiger partial charge on any atom is 0.223 e. The van der Waals surface area contributed by atoms with Gasteiger partial charge in [0.05, 0.1) is 0 Å². The van der Waals surface area contributed by atoms with Crippen LogP contribution < -0.4 is 20.1 Å². The van der Waals surface area contributed by atoms with E-state index in [0.29, 0.717) is 25.8 Å². The van der Waals surface area contributed by atoms with E-state index in [1.54, 1.807) is 0 Å². The molecule has 2 N–H and O–H groups in total. The van der Waals surface area contributed by atoms with Gasteiger partial charge < -0.3 is 20.1 Å². The first-order valence-corrected chi connectivity index (χ1v) is 7.62. The molecule has 1 aromatic rings. The van der Waals surface area contributed by atoms with Gasteiger partial charge in [-0.3, -0.25) is 4.79 Å². The molecule has 1 fully saturated rings. The van der Waals surface area contributed by atoms with Crippen molar-refractivity contribution in [2.45, 2.75) is 32.4 Å². The Hall–Kier alpha value is -1.75. The molecule has 0 spiro atoms. The normalized spacial score (nSPS) is 24.4. The molecule has 21 heavy (non-hydrogen) atoms. The van der Waals surface area contributed by atoms with Gasteiger partial charge >= 0.3 is 0 Å². The van der Waals surface area contributed by atoms with Crippen LogP contribution in [0.1, 0.15) is 25.3 Å². The van der Waals surface area contributed by atoms with Crippen LogP contribution in [0.15, 0.2) is 18.2 Å². The lowest BCUT2D eigenvalue weighted by Crippen LogP contribution is -2.42. The molecular weight excluding hydrogens is 268 g/mol. The highest BCUT2D eigenvalue weighted by Crippen LogP contribution is 2.30. The first-order chi connectivity index (χ1) is 10.2. The highest BCUT2D eigenvalue weighted by atomic mass is 16.6. The molecule has 1 saturated heterocycles. The number of ether oxygens (including phenoxy) is 2. The van der Waals surface area contributed by atoms with Gasteiger partial charge in [0.15, 0.2) is 11.5 Å². The minimum atomic E-state index is 0.124. The van der Waals surface area contributed by atoms with E-state index in [1.165, 1.54) is 0 Å². The van der Waals surface area contributed by atoms with Gasteiger partial charge in [-0.25, -0.2) is 0 Å². The van der Waals surface area contributed by atoms with Crippen molar-refractivity contribution in [1.29, 1.82) is 0 Å². The summed E-state index contributed by atoms with van der Waals surface area (Å²) in [7, 11) is 0. The number of hydrogen-bond donors (Lipinski definition) is 2. The van der Waals surface area contributed by atoms with Crippen LogP contribution in [0.2, 0.25) is 0 Å². The summed E-state index contributed by atoms with van der Waals surface area (Å²) in [5, 5.41) is 6.40. The number of nitrogens with one attached hydrogen (secondary N) is 2. The van der Waals surface area contributed by atoms with Crippen molar-refractivity contribution in [3.63, 3.8) is 0 Å². The first-order valence-electron chi connectivity index (χ1n) is 7.62. The molecule has 0 aliphatic carbocycles. The Morgan fingerprint density at radius 3 is 2.95 bits per heavy atom. The first kappa shape index (κ1) is 14.2. The van der Waals surface area contributed by atoms with E-state index in [-0.39, 0.29) is 11.8 Å². The second-order valence-electron chi connectivity index (χ2n) is 5.77. The molecule has 0 saturated carbocycles. The summed E-state index contributed by atoms with van der Waals surface area (Å²) >= 11 is 0. The summed E-state index contributed by atoms with van der Waals surface area (Å²) in [6.07, 6.45) is 1.82. The van der Waals surface area contributed by atoms with Crippen LogP contribution in [-0.4, -0.2) is 31.7 Å². The van der Waals surface area contributed by atoms with Crippen LogP contribution >= 0.6 is 0 Å². The fourth-order valence-corrected chi connectivity index (χ4v) is 2.90. The van der Waals surface area contributed by atoms with Crippen molar-refractivity contribution in [2.75, 3.05) is 19.8 Å². The molecule has 2 aliphatic rings. The fourth-order valence-electron chi connectivity index (χ4n) is 2.90. The highest BCUT2D eigenvalue weighted by Gasteiger charge is 2.24. The number of amides is 1. The van der Waals surface area contributed by atoms with Crippen molar-refractivity contribution in [2.24, 2.45) is 5.92 Å². The molecule has 2 atom stereocenters. The Bertz CT molecular complexity index is 518. The van der Waals surface area contributed by atoms with Crippen LogP contribution in [0.25, 0.3) is 0 Å². The average Bonchev–Trinajstić information content (AvgIpc) is 2.52. The smallest absolute Gasteiger partial charge is 0.223 e. The zero-order valence-electron chi connectivity index (χ0n) is 12.4. The molecule has 0 radical (unpaired) electrons. The van der Waals surface area contributed by atoms with Gasteiger partial charge in [0.1, 0.15) is 13.2 Å². The van der Waals surface area contributed by atoms with E-state index in [4.69, 9.17) is 9.47 Å². The van der Waals surface area contributed by atoms with Crippen molar-refractivity contribution in [1.82, 2.24) is 10.6 Å². The molecule has 114 valence electrons. The van der Waals surface area contributed by atoms with Crippen molar-refractivity contribution < 1.29 is 14.3 Å². The number of rotatable bonds is 3. The quantitative estimate of drug-likeness (QED) is 0.885. The average molecular weight is 290 g/mol. The van der Waals surface area contributed by atoms with Gasteiger partial charge in [-0.05, 0) is 44.0 Å². The minimum absolute atomic E-state index is 0.124. The highest BCUT2D eigenvalue weighted by molar-refractivity contribution is 5.78. The Labute approximate surface area is 125 Å². The number of carbonyl (C=O) groups is 1. The van der Waals surface area contributed by atoms with Crippen LogP contribution in [0.5, 0.6) is 11.5 Å². The molecule has 2 heterocycles. The summed E-state index contributed by atoms with van der Waals surface area (Å²) in [4.78, 5) is 12.2. The second kappa shape index (κ2) is 6.35. The van der Waals surface area contributed by atoms with Crippen LogP contribution in [0.3, 0.4) is 0 Å². The molecule has 5 heteroatoms. The lowest BCUT2D eigenvalue weighted by molar-refractivity contribution is -0.126. The standard InChI is InChI=1S/C16H22N2O3/c1-11-8-13(4-5-17-11)16(19)18-10-12-2-3-14-15(9-12)21-7-6-20-14/h2-3,9,11,13,17H,4-8,10H2,1H3,(H,18,19). The monoisotopic (exact) mass is 290 g/mol. The van der Waals surface area contributed by atoms with E-state index in [2.05, 4.69) is 17.6 Å². The molecule has 0 bridgehead atoms. The number of carbonyl (C=O) groups excluding carboxylic acids is 1. The third kappa shape index (κ3) is 3.47. The zero-order chi connectivity index (χ0) is 14.7. The number of hydrogen-bond acceptors (Lipinski definition) is 4. The lowest BCUT2D eigenvalue weighted by atomic mass is 9.92. The third-order valence-corrected chi connectivity index (χ3v) is 4.07. The number of piperidine rings is 1. The molecule has 2 unspecified atom stereocenters. The molecule has 1 amide bonds. The van der Waals surface area contributed by atoms with E-state index in [0.717, 1.165) is 36.4 Å². The summed E-state index contributed by atoms with van der Waals surface area (Å²) in [5.41, 5.74) is 1.04. The topological polar surface area (TPSA) is 59.6 Å². The van der Waals surface area contributed by atoms with Gasteiger partial charge in [-0.2, -0.15) is 0 Å². The van der Waals surface area contributed by atoms with E-state index >= 15 is 0 Å². The van der Waals surface area contributed by atoms with Gasteiger partial charge in [0.2, 0.25) is 5.91 Å². The molecular formula is C16H22N2O3. The summed E-state index contributed by atoms with van der Waals surface area (Å²) < 4.78 is 11.0. The Kier molecular flexibility index (Phi) is 4.29. The van der Waals surface area contributed by atoms with Crippen LogP contribution in [0.4, 0.5) is 0 Å². The lowest BCUT2D eigenvalue weighted by Gasteiger charge is -2.27. The van der Waals surface area contributed by atoms with Gasteiger partial charge in [-0.15, -0.1) is 0 Å². The Morgan fingerprint density at radius 1 is 1.33 bits per heavy atom. The largest absolute Gasteiger partial charge is 0.486 e. The molecule has 5 nitrogen and oxygen atoms in total. The molecule has 1 aromatic carbocycles. The summed E-state index contributed by atoms with van der Waals surface area (Å²) in [6, 6.07) is 6.24. The fraction of sp³-hybridized carbons (Fsp3) is 0.562. The summed E-state index contributed by atoms with van der Waals surface area (Å²) in [5.74, 6) is 1.82. The van der Waals surface area contributed by atoms with E-state index < -0.39 is 0 Å². The third-order valence-electron chi connectivity index (χ3n) is 4.07. The van der Waals surface area contributed by atoms with Gasteiger partial charge in [-0.1, -0.05) is 6.07 Å². The van der Waals surface area contributed by atoms with E-state index in [1.807, 2.05) is 18.2 Å². The second-order valence-corrected chi connectivity index (χ2v) is 5.77. The Morgan fingerprint density at radius 2 is 2.14 bits per heavy atom. The zero-order valence-corrected chi connectivity index (χ0v) is 12.4. The van der Waals surface area contributed by atoms with Crippen molar-refractivity contribution >= 4 is 5.91 Å². The predicted molar refractivity (Wildman–Crippen MR) is 79.5 cm³/mol. The molecule has 3 rings (SSSR count). The van der Waals surface area contributed by atoms with Crippen LogP contribution in [0, 0.1) is 5.92 Å². The Balaban J connectivity index is 1.56. The summed E-state index contributed by atoms with van der Waals surface area (Å²) in [6.45, 7) is 4.75. The number of fused-ring (bicyclic) bond motifs is 1. The van der Waals surface area contributed by atoms with E-state index in [9.17, 15) is 4.79 Å². The van der Waals surface area contributed by atoms with Crippen molar-refractivity contribution in [3.8, 4) is 11.5 Å². The van der Waals surface area contributed by atoms with Crippen molar-refractivity contribution in [3.05, 3.63) is 23.8 Å².